The maximum atomic E-state index is 13.2. The van der Waals surface area contributed by atoms with Gasteiger partial charge in [0.15, 0.2) is 0 Å². The minimum absolute atomic E-state index is 0.233. The molecule has 0 atom stereocenters. The van der Waals surface area contributed by atoms with E-state index in [4.69, 9.17) is 10.8 Å². The lowest BCUT2D eigenvalue weighted by atomic mass is 10.0. The summed E-state index contributed by atoms with van der Waals surface area (Å²) in [6.45, 7) is -0.233. The van der Waals surface area contributed by atoms with Crippen molar-refractivity contribution in [2.45, 2.75) is 12.3 Å². The fraction of sp³-hybridized carbons (Fsp3) is 0.333. The number of aromatic hydroxyl groups is 1. The van der Waals surface area contributed by atoms with Gasteiger partial charge in [-0.1, -0.05) is 0 Å². The highest BCUT2D eigenvalue weighted by atomic mass is 19.3. The van der Waals surface area contributed by atoms with Crippen LogP contribution in [0.4, 0.5) is 13.2 Å². The minimum Gasteiger partial charge on any atom is -0.507 e. The van der Waals surface area contributed by atoms with Gasteiger partial charge >= 0.3 is 0 Å². The van der Waals surface area contributed by atoms with Gasteiger partial charge in [0.1, 0.15) is 11.6 Å². The lowest BCUT2D eigenvalue weighted by Crippen LogP contribution is -2.18. The summed E-state index contributed by atoms with van der Waals surface area (Å²) in [4.78, 5) is 0. The van der Waals surface area contributed by atoms with Crippen LogP contribution in [0.15, 0.2) is 18.2 Å². The molecule has 78 valence electrons. The Morgan fingerprint density at radius 2 is 2.00 bits per heavy atom. The second-order valence-electron chi connectivity index (χ2n) is 2.90. The van der Waals surface area contributed by atoms with Crippen molar-refractivity contribution in [3.8, 4) is 5.75 Å². The molecular formula is C9H10F3NO. The Morgan fingerprint density at radius 3 is 2.57 bits per heavy atom. The first-order valence-electron chi connectivity index (χ1n) is 4.04. The zero-order chi connectivity index (χ0) is 10.8. The second kappa shape index (κ2) is 3.88. The summed E-state index contributed by atoms with van der Waals surface area (Å²) in [5.74, 6) is -4.72. The average molecular weight is 205 g/mol. The Kier molecular flexibility index (Phi) is 3.00. The summed E-state index contributed by atoms with van der Waals surface area (Å²) in [6, 6.07) is 2.43. The molecule has 0 amide bonds. The van der Waals surface area contributed by atoms with Crippen molar-refractivity contribution in [3.63, 3.8) is 0 Å². The summed E-state index contributed by atoms with van der Waals surface area (Å²) in [5.41, 5.74) is 4.27. The van der Waals surface area contributed by atoms with Crippen molar-refractivity contribution in [1.29, 1.82) is 0 Å². The van der Waals surface area contributed by atoms with Crippen LogP contribution >= 0.6 is 0 Å². The fourth-order valence-electron chi connectivity index (χ4n) is 1.12. The van der Waals surface area contributed by atoms with Crippen molar-refractivity contribution >= 4 is 0 Å². The number of hydrogen-bond donors (Lipinski definition) is 2. The molecule has 5 heteroatoms. The van der Waals surface area contributed by atoms with E-state index in [1.165, 1.54) is 0 Å². The molecule has 0 saturated heterocycles. The van der Waals surface area contributed by atoms with Crippen LogP contribution in [-0.2, 0) is 5.92 Å². The van der Waals surface area contributed by atoms with Gasteiger partial charge in [0.25, 0.3) is 5.92 Å². The van der Waals surface area contributed by atoms with Gasteiger partial charge in [0.2, 0.25) is 0 Å². The molecule has 0 aliphatic heterocycles. The van der Waals surface area contributed by atoms with E-state index in [-0.39, 0.29) is 6.54 Å². The maximum Gasteiger partial charge on any atom is 0.278 e. The van der Waals surface area contributed by atoms with E-state index in [1.807, 2.05) is 0 Å². The average Bonchev–Trinajstić information content (AvgIpc) is 2.09. The Balaban J connectivity index is 3.10. The van der Waals surface area contributed by atoms with Crippen LogP contribution in [-0.4, -0.2) is 11.7 Å². The SMILES string of the molecule is NCCC(F)(F)c1cc(F)ccc1O. The van der Waals surface area contributed by atoms with E-state index in [0.717, 1.165) is 12.1 Å². The summed E-state index contributed by atoms with van der Waals surface area (Å²) in [5, 5.41) is 9.11. The van der Waals surface area contributed by atoms with E-state index in [2.05, 4.69) is 0 Å². The molecule has 3 N–H and O–H groups in total. The normalized spacial score (nSPS) is 11.7. The predicted molar refractivity (Wildman–Crippen MR) is 45.6 cm³/mol. The third-order valence-corrected chi connectivity index (χ3v) is 1.81. The number of hydrogen-bond acceptors (Lipinski definition) is 2. The van der Waals surface area contributed by atoms with Gasteiger partial charge in [-0.25, -0.2) is 13.2 Å². The van der Waals surface area contributed by atoms with Gasteiger partial charge in [-0.05, 0) is 24.7 Å². The summed E-state index contributed by atoms with van der Waals surface area (Å²) in [7, 11) is 0. The summed E-state index contributed by atoms with van der Waals surface area (Å²) in [6.07, 6.45) is -0.621. The van der Waals surface area contributed by atoms with Crippen molar-refractivity contribution in [2.75, 3.05) is 6.54 Å². The van der Waals surface area contributed by atoms with Crippen LogP contribution in [0.25, 0.3) is 0 Å². The molecule has 0 aromatic heterocycles. The van der Waals surface area contributed by atoms with Gasteiger partial charge in [-0.15, -0.1) is 0 Å². The number of benzene rings is 1. The monoisotopic (exact) mass is 205 g/mol. The highest BCUT2D eigenvalue weighted by molar-refractivity contribution is 5.36. The van der Waals surface area contributed by atoms with Crippen molar-refractivity contribution in [2.24, 2.45) is 5.73 Å². The highest BCUT2D eigenvalue weighted by Crippen LogP contribution is 2.36. The molecule has 14 heavy (non-hydrogen) atoms. The van der Waals surface area contributed by atoms with Gasteiger partial charge in [-0.3, -0.25) is 0 Å². The second-order valence-corrected chi connectivity index (χ2v) is 2.90. The van der Waals surface area contributed by atoms with E-state index >= 15 is 0 Å². The Bertz CT molecular complexity index is 328. The molecule has 0 fully saturated rings. The van der Waals surface area contributed by atoms with Crippen LogP contribution in [0.1, 0.15) is 12.0 Å². The molecule has 1 aromatic carbocycles. The van der Waals surface area contributed by atoms with Crippen molar-refractivity contribution in [1.82, 2.24) is 0 Å². The number of phenolic OH excluding ortho intramolecular Hbond substituents is 1. The van der Waals surface area contributed by atoms with Crippen LogP contribution in [0.5, 0.6) is 5.75 Å². The van der Waals surface area contributed by atoms with Crippen LogP contribution < -0.4 is 5.73 Å². The molecule has 1 rings (SSSR count). The first-order valence-corrected chi connectivity index (χ1v) is 4.04. The zero-order valence-corrected chi connectivity index (χ0v) is 7.30. The molecule has 0 aliphatic carbocycles. The summed E-state index contributed by atoms with van der Waals surface area (Å²) >= 11 is 0. The number of phenols is 1. The molecule has 0 spiro atoms. The zero-order valence-electron chi connectivity index (χ0n) is 7.30. The van der Waals surface area contributed by atoms with E-state index in [0.29, 0.717) is 6.07 Å². The van der Waals surface area contributed by atoms with Crippen molar-refractivity contribution in [3.05, 3.63) is 29.6 Å². The number of halogens is 3. The summed E-state index contributed by atoms with van der Waals surface area (Å²) < 4.78 is 39.0. The largest absolute Gasteiger partial charge is 0.507 e. The molecule has 0 heterocycles. The molecule has 0 radical (unpaired) electrons. The maximum absolute atomic E-state index is 13.2. The van der Waals surface area contributed by atoms with Gasteiger partial charge < -0.3 is 10.8 Å². The van der Waals surface area contributed by atoms with Crippen molar-refractivity contribution < 1.29 is 18.3 Å². The van der Waals surface area contributed by atoms with E-state index in [1.54, 1.807) is 0 Å². The third kappa shape index (κ3) is 2.17. The van der Waals surface area contributed by atoms with E-state index in [9.17, 15) is 13.2 Å². The van der Waals surface area contributed by atoms with Gasteiger partial charge in [0.05, 0.1) is 5.56 Å². The van der Waals surface area contributed by atoms with Gasteiger partial charge in [-0.2, -0.15) is 0 Å². The molecular weight excluding hydrogens is 195 g/mol. The molecule has 1 aromatic rings. The van der Waals surface area contributed by atoms with Crippen LogP contribution in [0.3, 0.4) is 0 Å². The molecule has 2 nitrogen and oxygen atoms in total. The highest BCUT2D eigenvalue weighted by Gasteiger charge is 2.33. The van der Waals surface area contributed by atoms with E-state index < -0.39 is 29.5 Å². The predicted octanol–water partition coefficient (Wildman–Crippen LogP) is 1.97. The third-order valence-electron chi connectivity index (χ3n) is 1.81. The standard InChI is InChI=1S/C9H10F3NO/c10-6-1-2-8(14)7(5-6)9(11,12)3-4-13/h1-2,5,14H,3-4,13H2. The quantitative estimate of drug-likeness (QED) is 0.792. The molecule has 0 unspecified atom stereocenters. The fourth-order valence-corrected chi connectivity index (χ4v) is 1.12. The lowest BCUT2D eigenvalue weighted by Gasteiger charge is -2.16. The Hall–Kier alpha value is -1.23. The van der Waals surface area contributed by atoms with Crippen LogP contribution in [0, 0.1) is 5.82 Å². The number of alkyl halides is 2. The lowest BCUT2D eigenvalue weighted by molar-refractivity contribution is -0.0130. The molecule has 0 aliphatic rings. The van der Waals surface area contributed by atoms with Crippen LogP contribution in [0.2, 0.25) is 0 Å². The first kappa shape index (κ1) is 10.8. The van der Waals surface area contributed by atoms with Gasteiger partial charge in [0, 0.05) is 6.42 Å². The minimum atomic E-state index is -3.29. The number of rotatable bonds is 3. The topological polar surface area (TPSA) is 46.2 Å². The Morgan fingerprint density at radius 1 is 1.36 bits per heavy atom. The Labute approximate surface area is 79.2 Å². The first-order chi connectivity index (χ1) is 6.47. The smallest absolute Gasteiger partial charge is 0.278 e. The number of nitrogens with two attached hydrogens (primary N) is 1. The molecule has 0 saturated carbocycles. The molecule has 0 bridgehead atoms.